The molecule has 0 aromatic heterocycles. The summed E-state index contributed by atoms with van der Waals surface area (Å²) in [6, 6.07) is 0. The molecule has 0 aliphatic rings. The van der Waals surface area contributed by atoms with Gasteiger partial charge in [0.15, 0.2) is 0 Å². The second-order valence-electron chi connectivity index (χ2n) is 3.58. The van der Waals surface area contributed by atoms with Crippen molar-refractivity contribution < 1.29 is 16.8 Å². The van der Waals surface area contributed by atoms with Crippen LogP contribution in [0.4, 0.5) is 0 Å². The maximum absolute atomic E-state index is 11.4. The van der Waals surface area contributed by atoms with Crippen molar-refractivity contribution in [3.05, 3.63) is 22.0 Å². The Bertz CT molecular complexity index is 456. The van der Waals surface area contributed by atoms with E-state index in [2.05, 4.69) is 0 Å². The zero-order chi connectivity index (χ0) is 13.7. The molecule has 0 radical (unpaired) electrons. The molecule has 0 heterocycles. The molecule has 0 bridgehead atoms. The number of hydrogen-bond donors (Lipinski definition) is 0. The molecule has 0 aromatic rings. The van der Waals surface area contributed by atoms with E-state index < -0.39 is 17.7 Å². The van der Waals surface area contributed by atoms with Crippen LogP contribution in [-0.2, 0) is 17.7 Å². The highest BCUT2D eigenvalue weighted by atomic mass is 33.8. The second kappa shape index (κ2) is 7.13. The van der Waals surface area contributed by atoms with E-state index in [9.17, 15) is 16.8 Å². The Morgan fingerprint density at radius 3 is 1.29 bits per heavy atom. The fourth-order valence-electron chi connectivity index (χ4n) is 0.705. The van der Waals surface area contributed by atoms with E-state index in [1.807, 2.05) is 0 Å². The molecule has 0 rings (SSSR count). The quantitative estimate of drug-likeness (QED) is 0.688. The molecular formula is C8H14O4S5. The van der Waals surface area contributed by atoms with Crippen LogP contribution in [0.3, 0.4) is 0 Å². The van der Waals surface area contributed by atoms with Gasteiger partial charge in [-0.05, 0) is 27.7 Å². The van der Waals surface area contributed by atoms with Crippen molar-refractivity contribution in [1.82, 2.24) is 0 Å². The summed E-state index contributed by atoms with van der Waals surface area (Å²) in [7, 11) is -5.06. The van der Waals surface area contributed by atoms with Crippen LogP contribution in [0.25, 0.3) is 0 Å². The highest BCUT2D eigenvalue weighted by Crippen LogP contribution is 2.43. The van der Waals surface area contributed by atoms with E-state index in [1.165, 1.54) is 0 Å². The van der Waals surface area contributed by atoms with Crippen LogP contribution in [0.15, 0.2) is 22.0 Å². The fraction of sp³-hybridized carbons (Fsp3) is 0.500. The van der Waals surface area contributed by atoms with Gasteiger partial charge in [0.2, 0.25) is 17.7 Å². The predicted molar refractivity (Wildman–Crippen MR) is 79.5 cm³/mol. The third-order valence-electron chi connectivity index (χ3n) is 1.01. The molecule has 0 aliphatic carbocycles. The monoisotopic (exact) mass is 334 g/mol. The Kier molecular flexibility index (Phi) is 7.31. The van der Waals surface area contributed by atoms with Gasteiger partial charge in [0.25, 0.3) is 0 Å². The molecule has 0 saturated heterocycles. The van der Waals surface area contributed by atoms with Crippen LogP contribution in [0.2, 0.25) is 0 Å². The summed E-state index contributed by atoms with van der Waals surface area (Å²) in [6.45, 7) is 6.65. The van der Waals surface area contributed by atoms with Crippen molar-refractivity contribution in [1.29, 1.82) is 0 Å². The van der Waals surface area contributed by atoms with Gasteiger partial charge in [-0.25, -0.2) is 16.8 Å². The minimum Gasteiger partial charge on any atom is -0.212 e. The van der Waals surface area contributed by atoms with E-state index in [-0.39, 0.29) is 0 Å². The SMILES string of the molecule is CC(C)=CS(=O)(=O)SSSS(=O)(=O)C=C(C)C. The highest BCUT2D eigenvalue weighted by molar-refractivity contribution is 9.34. The molecule has 0 aromatic carbocycles. The van der Waals surface area contributed by atoms with Crippen molar-refractivity contribution in [3.8, 4) is 0 Å². The minimum atomic E-state index is -3.42. The topological polar surface area (TPSA) is 68.3 Å². The van der Waals surface area contributed by atoms with Gasteiger partial charge in [0.05, 0.1) is 19.7 Å². The van der Waals surface area contributed by atoms with Crippen LogP contribution >= 0.6 is 29.5 Å². The van der Waals surface area contributed by atoms with Crippen molar-refractivity contribution in [2.75, 3.05) is 0 Å². The standard InChI is InChI=1S/C8H14O4S5/c1-7(2)5-16(9,10)14-13-15-17(11,12)6-8(3)4/h5-6H,1-4H3. The molecule has 17 heavy (non-hydrogen) atoms. The lowest BCUT2D eigenvalue weighted by molar-refractivity contribution is 0.616. The largest absolute Gasteiger partial charge is 0.233 e. The zero-order valence-electron chi connectivity index (χ0n) is 9.83. The first-order chi connectivity index (χ1) is 7.54. The first kappa shape index (κ1) is 17.4. The third-order valence-corrected chi connectivity index (χ3v) is 12.5. The second-order valence-corrected chi connectivity index (χ2v) is 14.1. The fourth-order valence-corrected chi connectivity index (χ4v) is 13.0. The van der Waals surface area contributed by atoms with Crippen LogP contribution < -0.4 is 0 Å². The molecule has 0 atom stereocenters. The molecule has 0 amide bonds. The van der Waals surface area contributed by atoms with Gasteiger partial charge in [-0.1, -0.05) is 11.1 Å². The lowest BCUT2D eigenvalue weighted by atomic mass is 10.4. The van der Waals surface area contributed by atoms with Gasteiger partial charge in [0, 0.05) is 20.6 Å². The molecule has 100 valence electrons. The molecular weight excluding hydrogens is 320 g/mol. The summed E-state index contributed by atoms with van der Waals surface area (Å²) in [5.74, 6) is 0. The van der Waals surface area contributed by atoms with Gasteiger partial charge in [-0.2, -0.15) is 0 Å². The Balaban J connectivity index is 4.46. The molecule has 0 fully saturated rings. The molecule has 0 unspecified atom stereocenters. The van der Waals surface area contributed by atoms with E-state index in [4.69, 9.17) is 0 Å². The molecule has 4 nitrogen and oxygen atoms in total. The predicted octanol–water partition coefficient (Wildman–Crippen LogP) is 3.52. The van der Waals surface area contributed by atoms with Crippen molar-refractivity contribution in [3.63, 3.8) is 0 Å². The summed E-state index contributed by atoms with van der Waals surface area (Å²) in [5.41, 5.74) is 1.30. The zero-order valence-corrected chi connectivity index (χ0v) is 13.9. The number of hydrogen-bond acceptors (Lipinski definition) is 7. The summed E-state index contributed by atoms with van der Waals surface area (Å²) >= 11 is 0. The number of allylic oxidation sites excluding steroid dienone is 2. The lowest BCUT2D eigenvalue weighted by Gasteiger charge is -1.98. The van der Waals surface area contributed by atoms with E-state index in [0.29, 0.717) is 30.8 Å². The van der Waals surface area contributed by atoms with Crippen LogP contribution in [-0.4, -0.2) is 16.8 Å². The van der Waals surface area contributed by atoms with Crippen molar-refractivity contribution in [2.45, 2.75) is 27.7 Å². The molecule has 0 saturated carbocycles. The van der Waals surface area contributed by atoms with Crippen LogP contribution in [0, 0.1) is 0 Å². The summed E-state index contributed by atoms with van der Waals surface area (Å²) in [5, 5.41) is 2.22. The van der Waals surface area contributed by atoms with Gasteiger partial charge in [-0.3, -0.25) is 0 Å². The van der Waals surface area contributed by atoms with E-state index in [1.54, 1.807) is 27.7 Å². The average Bonchev–Trinajstić information content (AvgIpc) is 1.96. The molecule has 0 N–H and O–H groups in total. The smallest absolute Gasteiger partial charge is 0.212 e. The molecule has 0 aliphatic heterocycles. The first-order valence-corrected chi connectivity index (χ1v) is 12.0. The van der Waals surface area contributed by atoms with Gasteiger partial charge in [0.1, 0.15) is 0 Å². The Morgan fingerprint density at radius 2 is 1.06 bits per heavy atom. The Labute approximate surface area is 113 Å². The maximum Gasteiger partial charge on any atom is 0.233 e. The minimum absolute atomic E-state index is 0.528. The van der Waals surface area contributed by atoms with Crippen molar-refractivity contribution in [2.24, 2.45) is 0 Å². The van der Waals surface area contributed by atoms with Crippen LogP contribution in [0.1, 0.15) is 27.7 Å². The molecule has 9 heteroatoms. The average molecular weight is 335 g/mol. The van der Waals surface area contributed by atoms with Gasteiger partial charge < -0.3 is 0 Å². The number of rotatable bonds is 6. The van der Waals surface area contributed by atoms with Gasteiger partial charge in [-0.15, -0.1) is 0 Å². The summed E-state index contributed by atoms with van der Waals surface area (Å²) in [6.07, 6.45) is 0. The summed E-state index contributed by atoms with van der Waals surface area (Å²) < 4.78 is 45.6. The Morgan fingerprint density at radius 1 is 0.765 bits per heavy atom. The maximum atomic E-state index is 11.4. The first-order valence-electron chi connectivity index (χ1n) is 4.38. The lowest BCUT2D eigenvalue weighted by Crippen LogP contribution is -1.87. The van der Waals surface area contributed by atoms with E-state index in [0.717, 1.165) is 20.6 Å². The third kappa shape index (κ3) is 10.1. The highest BCUT2D eigenvalue weighted by Gasteiger charge is 2.14. The normalized spacial score (nSPS) is 12.0. The molecule has 0 spiro atoms. The summed E-state index contributed by atoms with van der Waals surface area (Å²) in [4.78, 5) is 0. The van der Waals surface area contributed by atoms with Crippen molar-refractivity contribution >= 4 is 47.2 Å². The van der Waals surface area contributed by atoms with Crippen LogP contribution in [0.5, 0.6) is 0 Å². The Hall–Kier alpha value is 0.430. The van der Waals surface area contributed by atoms with E-state index >= 15 is 0 Å². The van der Waals surface area contributed by atoms with Gasteiger partial charge >= 0.3 is 0 Å².